The Morgan fingerprint density at radius 1 is 0.322 bits per heavy atom. The molecule has 0 amide bonds. The quantitative estimate of drug-likeness (QED) is 0.169. The highest BCUT2D eigenvalue weighted by atomic mass is 14.9. The van der Waals surface area contributed by atoms with Crippen LogP contribution in [0.25, 0.3) is 100.0 Å². The van der Waals surface area contributed by atoms with Gasteiger partial charge >= 0.3 is 0 Å². The van der Waals surface area contributed by atoms with Crippen molar-refractivity contribution in [3.63, 3.8) is 0 Å². The molecule has 0 N–H and O–H groups in total. The van der Waals surface area contributed by atoms with Crippen molar-refractivity contribution in [3.05, 3.63) is 217 Å². The van der Waals surface area contributed by atoms with Crippen molar-refractivity contribution >= 4 is 21.5 Å². The molecule has 1 aliphatic carbocycles. The van der Waals surface area contributed by atoms with E-state index in [9.17, 15) is 0 Å². The minimum atomic E-state index is -0.0492. The largest absolute Gasteiger partial charge is 0.228 e. The van der Waals surface area contributed by atoms with Gasteiger partial charge in [0.1, 0.15) is 0 Å². The molecule has 0 saturated heterocycles. The maximum absolute atomic E-state index is 5.28. The Hall–Kier alpha value is -7.42. The molecule has 0 bridgehead atoms. The highest BCUT2D eigenvalue weighted by Crippen LogP contribution is 2.52. The first-order valence-corrected chi connectivity index (χ1v) is 20.4. The maximum atomic E-state index is 5.28. The summed E-state index contributed by atoms with van der Waals surface area (Å²) in [6, 6.07) is 74.4. The number of aromatic nitrogens is 2. The van der Waals surface area contributed by atoms with Crippen LogP contribution in [0.15, 0.2) is 206 Å². The van der Waals surface area contributed by atoms with Crippen LogP contribution >= 0.6 is 0 Å². The smallest absolute Gasteiger partial charge is 0.160 e. The number of fused-ring (bicyclic) bond motifs is 5. The summed E-state index contributed by atoms with van der Waals surface area (Å²) in [7, 11) is 0. The van der Waals surface area contributed by atoms with E-state index in [1.807, 2.05) is 18.2 Å². The number of hydrogen-bond donors (Lipinski definition) is 0. The highest BCUT2D eigenvalue weighted by molar-refractivity contribution is 6.05. The van der Waals surface area contributed by atoms with E-state index in [2.05, 4.69) is 202 Å². The molecule has 0 saturated carbocycles. The van der Waals surface area contributed by atoms with E-state index in [1.165, 1.54) is 66.2 Å². The van der Waals surface area contributed by atoms with E-state index in [4.69, 9.17) is 9.97 Å². The fourth-order valence-electron chi connectivity index (χ4n) is 9.40. The molecule has 0 unspecified atom stereocenters. The second kappa shape index (κ2) is 13.9. The van der Waals surface area contributed by atoms with Crippen molar-refractivity contribution in [2.45, 2.75) is 19.3 Å². The topological polar surface area (TPSA) is 25.8 Å². The average Bonchev–Trinajstić information content (AvgIpc) is 3.54. The normalized spacial score (nSPS) is 12.7. The molecule has 0 aliphatic heterocycles. The molecule has 9 aromatic carbocycles. The third-order valence-electron chi connectivity index (χ3n) is 12.3. The molecule has 1 aromatic heterocycles. The van der Waals surface area contributed by atoms with Gasteiger partial charge in [0.2, 0.25) is 0 Å². The van der Waals surface area contributed by atoms with Gasteiger partial charge in [0.25, 0.3) is 0 Å². The summed E-state index contributed by atoms with van der Waals surface area (Å²) in [5.41, 5.74) is 17.5. The highest BCUT2D eigenvalue weighted by Gasteiger charge is 2.36. The zero-order valence-corrected chi connectivity index (χ0v) is 33.0. The molecule has 2 nitrogen and oxygen atoms in total. The SMILES string of the molecule is CC1(C)c2ccccc2-c2c(-c3cccc(-c4ccc(-c5cc(-c6cccc(-c7cccc8ccccc78)c6)nc(-c6ccccc6)n5)c5ccccc45)c3)cccc21. The summed E-state index contributed by atoms with van der Waals surface area (Å²) >= 11 is 0. The Bertz CT molecular complexity index is 3240. The number of benzene rings is 9. The van der Waals surface area contributed by atoms with E-state index < -0.39 is 0 Å². The molecule has 59 heavy (non-hydrogen) atoms. The van der Waals surface area contributed by atoms with Crippen LogP contribution in [0.5, 0.6) is 0 Å². The van der Waals surface area contributed by atoms with Crippen LogP contribution in [0.2, 0.25) is 0 Å². The molecule has 1 heterocycles. The van der Waals surface area contributed by atoms with Crippen LogP contribution < -0.4 is 0 Å². The van der Waals surface area contributed by atoms with Crippen LogP contribution in [0.3, 0.4) is 0 Å². The predicted molar refractivity (Wildman–Crippen MR) is 247 cm³/mol. The number of hydrogen-bond acceptors (Lipinski definition) is 2. The van der Waals surface area contributed by atoms with Gasteiger partial charge in [0.05, 0.1) is 11.4 Å². The van der Waals surface area contributed by atoms with Crippen LogP contribution in [0.1, 0.15) is 25.0 Å². The molecule has 0 radical (unpaired) electrons. The Kier molecular flexibility index (Phi) is 8.20. The Morgan fingerprint density at radius 2 is 0.814 bits per heavy atom. The van der Waals surface area contributed by atoms with Crippen LogP contribution in [0, 0.1) is 0 Å². The minimum absolute atomic E-state index is 0.0492. The summed E-state index contributed by atoms with van der Waals surface area (Å²) in [5.74, 6) is 0.703. The summed E-state index contributed by atoms with van der Waals surface area (Å²) in [5, 5.41) is 4.80. The minimum Gasteiger partial charge on any atom is -0.228 e. The zero-order chi connectivity index (χ0) is 39.5. The molecule has 278 valence electrons. The summed E-state index contributed by atoms with van der Waals surface area (Å²) < 4.78 is 0. The van der Waals surface area contributed by atoms with Gasteiger partial charge in [0.15, 0.2) is 5.82 Å². The van der Waals surface area contributed by atoms with Crippen molar-refractivity contribution < 1.29 is 0 Å². The summed E-state index contributed by atoms with van der Waals surface area (Å²) in [6.45, 7) is 4.69. The van der Waals surface area contributed by atoms with Gasteiger partial charge in [-0.05, 0) is 95.4 Å². The van der Waals surface area contributed by atoms with Crippen molar-refractivity contribution in [2.75, 3.05) is 0 Å². The molecule has 0 atom stereocenters. The standard InChI is InChI=1S/C57H40N2/c1-57(2)51-30-11-10-27-50(51)55-46(29-15-31-52(55)57)41-22-12-20-39(34-41)45-32-33-49(48-26-9-8-25-47(45)48)54-36-53(58-56(59-54)38-17-4-3-5-18-38)42-23-13-21-40(35-42)44-28-14-19-37-16-6-7-24-43(37)44/h3-36H,1-2H3. The molecular formula is C57H40N2. The molecule has 2 heteroatoms. The lowest BCUT2D eigenvalue weighted by Gasteiger charge is -2.21. The third kappa shape index (κ3) is 5.87. The van der Waals surface area contributed by atoms with E-state index in [0.717, 1.165) is 39.0 Å². The monoisotopic (exact) mass is 752 g/mol. The predicted octanol–water partition coefficient (Wildman–Crippen LogP) is 15.1. The van der Waals surface area contributed by atoms with Crippen LogP contribution in [-0.4, -0.2) is 9.97 Å². The molecule has 0 spiro atoms. The number of rotatable bonds is 6. The lowest BCUT2D eigenvalue weighted by molar-refractivity contribution is 0.660. The number of nitrogens with zero attached hydrogens (tertiary/aromatic N) is 2. The van der Waals surface area contributed by atoms with Crippen molar-refractivity contribution in [1.29, 1.82) is 0 Å². The van der Waals surface area contributed by atoms with Gasteiger partial charge in [0, 0.05) is 22.1 Å². The Morgan fingerprint density at radius 3 is 1.63 bits per heavy atom. The van der Waals surface area contributed by atoms with Gasteiger partial charge < -0.3 is 0 Å². The third-order valence-corrected chi connectivity index (χ3v) is 12.3. The molecule has 11 rings (SSSR count). The molecule has 1 aliphatic rings. The molecule has 10 aromatic rings. The van der Waals surface area contributed by atoms with Crippen LogP contribution in [0.4, 0.5) is 0 Å². The van der Waals surface area contributed by atoms with Gasteiger partial charge in [-0.15, -0.1) is 0 Å². The lowest BCUT2D eigenvalue weighted by atomic mass is 9.82. The Labute approximate surface area is 345 Å². The van der Waals surface area contributed by atoms with Gasteiger partial charge in [-0.1, -0.05) is 202 Å². The first-order valence-electron chi connectivity index (χ1n) is 20.4. The first kappa shape index (κ1) is 34.8. The zero-order valence-electron chi connectivity index (χ0n) is 33.0. The van der Waals surface area contributed by atoms with Crippen molar-refractivity contribution in [1.82, 2.24) is 9.97 Å². The second-order valence-corrected chi connectivity index (χ2v) is 16.1. The molecule has 0 fully saturated rings. The van der Waals surface area contributed by atoms with Gasteiger partial charge in [-0.3, -0.25) is 0 Å². The lowest BCUT2D eigenvalue weighted by Crippen LogP contribution is -2.14. The summed E-state index contributed by atoms with van der Waals surface area (Å²) in [6.07, 6.45) is 0. The van der Waals surface area contributed by atoms with Crippen molar-refractivity contribution in [3.8, 4) is 78.4 Å². The average molecular weight is 753 g/mol. The fraction of sp³-hybridized carbons (Fsp3) is 0.0526. The fourth-order valence-corrected chi connectivity index (χ4v) is 9.40. The van der Waals surface area contributed by atoms with E-state index in [1.54, 1.807) is 0 Å². The Balaban J connectivity index is 1.04. The van der Waals surface area contributed by atoms with Gasteiger partial charge in [-0.25, -0.2) is 9.97 Å². The van der Waals surface area contributed by atoms with E-state index >= 15 is 0 Å². The van der Waals surface area contributed by atoms with E-state index in [-0.39, 0.29) is 5.41 Å². The van der Waals surface area contributed by atoms with E-state index in [0.29, 0.717) is 5.82 Å². The first-order chi connectivity index (χ1) is 29.0. The summed E-state index contributed by atoms with van der Waals surface area (Å²) in [4.78, 5) is 10.5. The van der Waals surface area contributed by atoms with Gasteiger partial charge in [-0.2, -0.15) is 0 Å². The molecular weight excluding hydrogens is 713 g/mol. The van der Waals surface area contributed by atoms with Crippen LogP contribution in [-0.2, 0) is 5.41 Å². The van der Waals surface area contributed by atoms with Crippen molar-refractivity contribution in [2.24, 2.45) is 0 Å². The second-order valence-electron chi connectivity index (χ2n) is 16.1. The maximum Gasteiger partial charge on any atom is 0.160 e.